The smallest absolute Gasteiger partial charge is 0.491 e. The van der Waals surface area contributed by atoms with E-state index < -0.39 is 13.1 Å². The average molecular weight is 286 g/mol. The first-order valence-electron chi connectivity index (χ1n) is 6.21. The lowest BCUT2D eigenvalue weighted by molar-refractivity contribution is 0.0696. The molecule has 0 atom stereocenters. The molecule has 0 saturated heterocycles. The van der Waals surface area contributed by atoms with E-state index in [-0.39, 0.29) is 23.7 Å². The van der Waals surface area contributed by atoms with Crippen LogP contribution in [-0.4, -0.2) is 28.3 Å². The van der Waals surface area contributed by atoms with Crippen LogP contribution < -0.4 is 10.2 Å². The Labute approximate surface area is 120 Å². The van der Waals surface area contributed by atoms with E-state index in [1.54, 1.807) is 18.2 Å². The standard InChI is InChI=1S/C14H11BO6/c16-12-6-8(14(17)18)1-4-13(12)21-10-2-3-11-9(5-10)7-20-15(11)19/h1-6,16,19H,7H2,(H,17,18). The summed E-state index contributed by atoms with van der Waals surface area (Å²) in [6, 6.07) is 8.88. The van der Waals surface area contributed by atoms with E-state index in [0.717, 1.165) is 11.6 Å². The Hall–Kier alpha value is -2.51. The van der Waals surface area contributed by atoms with Crippen molar-refractivity contribution in [3.8, 4) is 17.2 Å². The highest BCUT2D eigenvalue weighted by molar-refractivity contribution is 6.61. The lowest BCUT2D eigenvalue weighted by Gasteiger charge is -2.09. The minimum absolute atomic E-state index is 0.0228. The van der Waals surface area contributed by atoms with E-state index >= 15 is 0 Å². The first kappa shape index (κ1) is 13.5. The molecule has 0 amide bonds. The van der Waals surface area contributed by atoms with Gasteiger partial charge < -0.3 is 24.6 Å². The highest BCUT2D eigenvalue weighted by Crippen LogP contribution is 2.32. The Balaban J connectivity index is 1.86. The fraction of sp³-hybridized carbons (Fsp3) is 0.0714. The Kier molecular flexibility index (Phi) is 3.28. The first-order valence-corrected chi connectivity index (χ1v) is 6.21. The van der Waals surface area contributed by atoms with Crippen LogP contribution >= 0.6 is 0 Å². The van der Waals surface area contributed by atoms with Gasteiger partial charge in [-0.1, -0.05) is 6.07 Å². The molecule has 106 valence electrons. The van der Waals surface area contributed by atoms with Crippen LogP contribution in [0.1, 0.15) is 15.9 Å². The van der Waals surface area contributed by atoms with Gasteiger partial charge in [0.25, 0.3) is 0 Å². The Morgan fingerprint density at radius 3 is 2.76 bits per heavy atom. The molecule has 1 heterocycles. The second-order valence-electron chi connectivity index (χ2n) is 4.61. The van der Waals surface area contributed by atoms with Crippen molar-refractivity contribution < 1.29 is 29.4 Å². The van der Waals surface area contributed by atoms with Gasteiger partial charge in [0.2, 0.25) is 0 Å². The van der Waals surface area contributed by atoms with Gasteiger partial charge in [0, 0.05) is 0 Å². The van der Waals surface area contributed by atoms with E-state index in [2.05, 4.69) is 0 Å². The minimum atomic E-state index is -1.12. The van der Waals surface area contributed by atoms with Crippen LogP contribution in [0.3, 0.4) is 0 Å². The highest BCUT2D eigenvalue weighted by atomic mass is 16.5. The van der Waals surface area contributed by atoms with Crippen molar-refractivity contribution in [2.24, 2.45) is 0 Å². The summed E-state index contributed by atoms with van der Waals surface area (Å²) in [5.41, 5.74) is 1.47. The van der Waals surface area contributed by atoms with E-state index in [1.807, 2.05) is 0 Å². The quantitative estimate of drug-likeness (QED) is 0.731. The molecule has 21 heavy (non-hydrogen) atoms. The van der Waals surface area contributed by atoms with Crippen molar-refractivity contribution >= 4 is 18.6 Å². The summed E-state index contributed by atoms with van der Waals surface area (Å²) in [5, 5.41) is 28.1. The number of carboxylic acid groups (broad SMARTS) is 1. The molecule has 0 aromatic heterocycles. The molecule has 0 saturated carbocycles. The van der Waals surface area contributed by atoms with Crippen molar-refractivity contribution in [2.75, 3.05) is 0 Å². The Bertz CT molecular complexity index is 715. The summed E-state index contributed by atoms with van der Waals surface area (Å²) in [5.74, 6) is -0.767. The molecule has 2 aromatic carbocycles. The summed E-state index contributed by atoms with van der Waals surface area (Å²) >= 11 is 0. The fourth-order valence-corrected chi connectivity index (χ4v) is 2.13. The maximum Gasteiger partial charge on any atom is 0.491 e. The van der Waals surface area contributed by atoms with Gasteiger partial charge in [0.05, 0.1) is 12.2 Å². The Morgan fingerprint density at radius 2 is 2.05 bits per heavy atom. The lowest BCUT2D eigenvalue weighted by atomic mass is 9.80. The molecular weight excluding hydrogens is 275 g/mol. The zero-order chi connectivity index (χ0) is 15.0. The second-order valence-corrected chi connectivity index (χ2v) is 4.61. The summed E-state index contributed by atoms with van der Waals surface area (Å²) in [4.78, 5) is 10.8. The normalized spacial score (nSPS) is 13.1. The zero-order valence-electron chi connectivity index (χ0n) is 10.8. The number of aromatic carboxylic acids is 1. The van der Waals surface area contributed by atoms with E-state index in [0.29, 0.717) is 11.2 Å². The van der Waals surface area contributed by atoms with Crippen LogP contribution in [0.5, 0.6) is 17.2 Å². The van der Waals surface area contributed by atoms with Gasteiger partial charge in [-0.2, -0.15) is 0 Å². The number of carbonyl (C=O) groups is 1. The van der Waals surface area contributed by atoms with E-state index in [9.17, 15) is 14.9 Å². The van der Waals surface area contributed by atoms with Gasteiger partial charge in [-0.25, -0.2) is 4.79 Å². The van der Waals surface area contributed by atoms with Crippen LogP contribution in [0.4, 0.5) is 0 Å². The molecule has 0 spiro atoms. The number of rotatable bonds is 3. The molecule has 7 heteroatoms. The predicted octanol–water partition coefficient (Wildman–Crippen LogP) is 1.10. The van der Waals surface area contributed by atoms with E-state index in [4.69, 9.17) is 14.5 Å². The van der Waals surface area contributed by atoms with Gasteiger partial charge in [-0.15, -0.1) is 0 Å². The summed E-state index contributed by atoms with van der Waals surface area (Å²) < 4.78 is 10.6. The molecule has 0 aliphatic carbocycles. The molecule has 2 aromatic rings. The van der Waals surface area contributed by atoms with E-state index in [1.165, 1.54) is 12.1 Å². The number of ether oxygens (including phenoxy) is 1. The molecule has 0 bridgehead atoms. The number of fused-ring (bicyclic) bond motifs is 1. The van der Waals surface area contributed by atoms with Crippen molar-refractivity contribution in [2.45, 2.75) is 6.61 Å². The topological polar surface area (TPSA) is 96.2 Å². The van der Waals surface area contributed by atoms with Crippen molar-refractivity contribution in [1.29, 1.82) is 0 Å². The van der Waals surface area contributed by atoms with Crippen LogP contribution in [0.25, 0.3) is 0 Å². The fourth-order valence-electron chi connectivity index (χ4n) is 2.13. The molecule has 6 nitrogen and oxygen atoms in total. The molecule has 1 aliphatic rings. The number of phenols is 1. The van der Waals surface area contributed by atoms with Crippen LogP contribution in [-0.2, 0) is 11.3 Å². The molecule has 0 radical (unpaired) electrons. The number of benzene rings is 2. The van der Waals surface area contributed by atoms with Gasteiger partial charge in [0.1, 0.15) is 5.75 Å². The molecule has 3 rings (SSSR count). The third-order valence-electron chi connectivity index (χ3n) is 3.21. The second kappa shape index (κ2) is 5.12. The molecule has 1 aliphatic heterocycles. The number of hydrogen-bond donors (Lipinski definition) is 3. The SMILES string of the molecule is O=C(O)c1ccc(Oc2ccc3c(c2)COB3O)c(O)c1. The highest BCUT2D eigenvalue weighted by Gasteiger charge is 2.27. The van der Waals surface area contributed by atoms with Crippen molar-refractivity contribution in [1.82, 2.24) is 0 Å². The average Bonchev–Trinajstić information content (AvgIpc) is 2.82. The van der Waals surface area contributed by atoms with Crippen molar-refractivity contribution in [3.63, 3.8) is 0 Å². The van der Waals surface area contributed by atoms with Gasteiger partial charge in [0.15, 0.2) is 11.5 Å². The lowest BCUT2D eigenvalue weighted by Crippen LogP contribution is -2.27. The first-order chi connectivity index (χ1) is 10.0. The van der Waals surface area contributed by atoms with Crippen LogP contribution in [0.2, 0.25) is 0 Å². The zero-order valence-corrected chi connectivity index (χ0v) is 10.8. The van der Waals surface area contributed by atoms with Gasteiger partial charge in [-0.3, -0.25) is 0 Å². The summed E-state index contributed by atoms with van der Waals surface area (Å²) in [7, 11) is -0.919. The van der Waals surface area contributed by atoms with Gasteiger partial charge in [-0.05, 0) is 41.4 Å². The predicted molar refractivity (Wildman–Crippen MR) is 74.0 cm³/mol. The molecule has 0 fully saturated rings. The molecular formula is C14H11BO6. The Morgan fingerprint density at radius 1 is 1.24 bits per heavy atom. The van der Waals surface area contributed by atoms with Crippen LogP contribution in [0.15, 0.2) is 36.4 Å². The number of carboxylic acids is 1. The number of phenolic OH excluding ortho intramolecular Hbond substituents is 1. The maximum atomic E-state index is 10.8. The third-order valence-corrected chi connectivity index (χ3v) is 3.21. The molecule has 0 unspecified atom stereocenters. The molecule has 3 N–H and O–H groups in total. The third kappa shape index (κ3) is 2.56. The van der Waals surface area contributed by atoms with Crippen molar-refractivity contribution in [3.05, 3.63) is 47.5 Å². The summed E-state index contributed by atoms with van der Waals surface area (Å²) in [6.07, 6.45) is 0. The minimum Gasteiger partial charge on any atom is -0.504 e. The summed E-state index contributed by atoms with van der Waals surface area (Å²) in [6.45, 7) is 0.289. The van der Waals surface area contributed by atoms with Gasteiger partial charge >= 0.3 is 13.1 Å². The van der Waals surface area contributed by atoms with Crippen LogP contribution in [0, 0.1) is 0 Å². The maximum absolute atomic E-state index is 10.8. The monoisotopic (exact) mass is 286 g/mol. The number of hydrogen-bond acceptors (Lipinski definition) is 5. The number of aromatic hydroxyl groups is 1. The largest absolute Gasteiger partial charge is 0.504 e.